The minimum atomic E-state index is 0.534. The summed E-state index contributed by atoms with van der Waals surface area (Å²) in [6.07, 6.45) is 7.17. The predicted molar refractivity (Wildman–Crippen MR) is 84.4 cm³/mol. The summed E-state index contributed by atoms with van der Waals surface area (Å²) in [7, 11) is 0. The van der Waals surface area contributed by atoms with Gasteiger partial charge in [-0.2, -0.15) is 0 Å². The van der Waals surface area contributed by atoms with Gasteiger partial charge in [-0.1, -0.05) is 31.4 Å². The summed E-state index contributed by atoms with van der Waals surface area (Å²) < 4.78 is 0. The zero-order valence-electron chi connectivity index (χ0n) is 10.7. The van der Waals surface area contributed by atoms with E-state index in [1.54, 1.807) is 0 Å². The average Bonchev–Trinajstić information content (AvgIpc) is 2.35. The van der Waals surface area contributed by atoms with Gasteiger partial charge in [-0.3, -0.25) is 4.90 Å². The summed E-state index contributed by atoms with van der Waals surface area (Å²) >= 11 is 10.6. The molecule has 0 amide bonds. The summed E-state index contributed by atoms with van der Waals surface area (Å²) in [5, 5.41) is 3.22. The molecule has 1 N–H and O–H groups in total. The Morgan fingerprint density at radius 2 is 2.22 bits per heavy atom. The van der Waals surface area contributed by atoms with E-state index < -0.39 is 0 Å². The zero-order chi connectivity index (χ0) is 13.0. The zero-order valence-corrected chi connectivity index (χ0v) is 12.3. The second-order valence-corrected chi connectivity index (χ2v) is 6.01. The predicted octanol–water partition coefficient (Wildman–Crippen LogP) is 2.32. The summed E-state index contributed by atoms with van der Waals surface area (Å²) in [6, 6.07) is 0. The topological polar surface area (TPSA) is 27.6 Å². The molecule has 0 bridgehead atoms. The Balaban J connectivity index is 1.75. The van der Waals surface area contributed by atoms with E-state index in [-0.39, 0.29) is 0 Å². The first-order chi connectivity index (χ1) is 8.63. The van der Waals surface area contributed by atoms with E-state index >= 15 is 0 Å². The van der Waals surface area contributed by atoms with Crippen molar-refractivity contribution in [2.45, 2.75) is 26.2 Å². The van der Waals surface area contributed by atoms with E-state index in [2.05, 4.69) is 28.2 Å². The number of nitrogens with zero attached hydrogens (tertiary/aromatic N) is 2. The van der Waals surface area contributed by atoms with Gasteiger partial charge < -0.3 is 5.32 Å². The van der Waals surface area contributed by atoms with E-state index in [4.69, 9.17) is 24.4 Å². The number of aliphatic imine (C=N–C) groups is 1. The molecule has 0 aliphatic carbocycles. The van der Waals surface area contributed by atoms with E-state index in [9.17, 15) is 0 Å². The summed E-state index contributed by atoms with van der Waals surface area (Å²) in [5.74, 6) is 1.43. The number of nitrogens with one attached hydrogen (secondary N) is 1. The van der Waals surface area contributed by atoms with Crippen LogP contribution in [0, 0.1) is 5.92 Å². The maximum Gasteiger partial charge on any atom is 0.126 e. The minimum Gasteiger partial charge on any atom is -0.334 e. The molecule has 1 atom stereocenters. The molecule has 0 radical (unpaired) electrons. The van der Waals surface area contributed by atoms with Crippen LogP contribution < -0.4 is 5.32 Å². The van der Waals surface area contributed by atoms with Crippen LogP contribution in [0.4, 0.5) is 0 Å². The fourth-order valence-corrected chi connectivity index (χ4v) is 2.52. The first-order valence-electron chi connectivity index (χ1n) is 6.42. The summed E-state index contributed by atoms with van der Waals surface area (Å²) in [6.45, 7) is 5.02. The molecule has 0 aromatic carbocycles. The van der Waals surface area contributed by atoms with Gasteiger partial charge in [-0.05, 0) is 36.1 Å². The third kappa shape index (κ3) is 4.23. The van der Waals surface area contributed by atoms with Crippen molar-refractivity contribution in [1.29, 1.82) is 0 Å². The lowest BCUT2D eigenvalue weighted by Gasteiger charge is -2.27. The van der Waals surface area contributed by atoms with Crippen LogP contribution in [-0.4, -0.2) is 40.6 Å². The van der Waals surface area contributed by atoms with Gasteiger partial charge in [0.2, 0.25) is 0 Å². The molecule has 1 saturated heterocycles. The van der Waals surface area contributed by atoms with Crippen molar-refractivity contribution in [2.24, 2.45) is 10.9 Å². The van der Waals surface area contributed by atoms with Crippen LogP contribution in [0.25, 0.3) is 0 Å². The Hall–Kier alpha value is -0.650. The maximum absolute atomic E-state index is 5.37. The number of hydrogen-bond acceptors (Lipinski definition) is 4. The van der Waals surface area contributed by atoms with Crippen LogP contribution in [0.1, 0.15) is 26.2 Å². The number of thiocarbonyl (C=S) groups is 2. The highest BCUT2D eigenvalue weighted by molar-refractivity contribution is 7.80. The van der Waals surface area contributed by atoms with Gasteiger partial charge in [0.05, 0.1) is 4.99 Å². The van der Waals surface area contributed by atoms with Crippen LogP contribution in [0.3, 0.4) is 0 Å². The van der Waals surface area contributed by atoms with Gasteiger partial charge in [0.15, 0.2) is 0 Å². The van der Waals surface area contributed by atoms with E-state index in [1.807, 2.05) is 6.21 Å². The molecule has 2 heterocycles. The van der Waals surface area contributed by atoms with Gasteiger partial charge in [-0.15, -0.1) is 0 Å². The molecule has 1 unspecified atom stereocenters. The molecule has 2 aliphatic heterocycles. The molecular formula is C13H19N3S2. The van der Waals surface area contributed by atoms with Gasteiger partial charge in [0.25, 0.3) is 0 Å². The molecular weight excluding hydrogens is 262 g/mol. The molecule has 5 heteroatoms. The van der Waals surface area contributed by atoms with Crippen molar-refractivity contribution in [3.8, 4) is 0 Å². The summed E-state index contributed by atoms with van der Waals surface area (Å²) in [5.41, 5.74) is 0. The Labute approximate surface area is 119 Å². The second kappa shape index (κ2) is 6.50. The second-order valence-electron chi connectivity index (χ2n) is 4.94. The van der Waals surface area contributed by atoms with Crippen molar-refractivity contribution in [1.82, 2.24) is 10.2 Å². The third-order valence-corrected chi connectivity index (χ3v) is 3.84. The largest absolute Gasteiger partial charge is 0.334 e. The lowest BCUT2D eigenvalue weighted by atomic mass is 10.1. The minimum absolute atomic E-state index is 0.534. The SMILES string of the molecule is CC1C=NC(NC(=S)CN2CCC(=S)CC2)=CC1. The maximum atomic E-state index is 5.37. The standard InChI is InChI=1S/C13H19N3S2/c1-10-2-3-12(14-8-10)15-13(18)9-16-6-4-11(17)5-7-16/h3,8,10H,2,4-7,9H2,1H3,(H,15,18). The van der Waals surface area contributed by atoms with E-state index in [1.165, 1.54) is 4.86 Å². The molecule has 2 aliphatic rings. The number of allylic oxidation sites excluding steroid dienone is 1. The van der Waals surface area contributed by atoms with Crippen molar-refractivity contribution < 1.29 is 0 Å². The highest BCUT2D eigenvalue weighted by Gasteiger charge is 2.15. The first kappa shape index (κ1) is 13.8. The van der Waals surface area contributed by atoms with E-state index in [0.29, 0.717) is 5.92 Å². The number of hydrogen-bond donors (Lipinski definition) is 1. The third-order valence-electron chi connectivity index (χ3n) is 3.20. The quantitative estimate of drug-likeness (QED) is 0.804. The Morgan fingerprint density at radius 3 is 2.83 bits per heavy atom. The smallest absolute Gasteiger partial charge is 0.126 e. The average molecular weight is 281 g/mol. The van der Waals surface area contributed by atoms with Crippen LogP contribution in [0.5, 0.6) is 0 Å². The fourth-order valence-electron chi connectivity index (χ4n) is 2.05. The van der Waals surface area contributed by atoms with Crippen molar-refractivity contribution in [3.05, 3.63) is 11.9 Å². The molecule has 0 spiro atoms. The Kier molecular flexibility index (Phi) is 4.97. The molecule has 2 rings (SSSR count). The Morgan fingerprint density at radius 1 is 1.50 bits per heavy atom. The van der Waals surface area contributed by atoms with Crippen molar-refractivity contribution in [3.63, 3.8) is 0 Å². The highest BCUT2D eigenvalue weighted by Crippen LogP contribution is 2.10. The molecule has 98 valence electrons. The Bertz CT molecular complexity index is 391. The number of piperidine rings is 1. The first-order valence-corrected chi connectivity index (χ1v) is 7.23. The van der Waals surface area contributed by atoms with Gasteiger partial charge in [-0.25, -0.2) is 4.99 Å². The highest BCUT2D eigenvalue weighted by atomic mass is 32.1. The molecule has 3 nitrogen and oxygen atoms in total. The molecule has 0 aromatic heterocycles. The van der Waals surface area contributed by atoms with Crippen LogP contribution in [0.15, 0.2) is 16.9 Å². The van der Waals surface area contributed by atoms with E-state index in [0.717, 1.165) is 49.7 Å². The monoisotopic (exact) mass is 281 g/mol. The van der Waals surface area contributed by atoms with Crippen LogP contribution in [0.2, 0.25) is 0 Å². The lowest BCUT2D eigenvalue weighted by molar-refractivity contribution is 0.314. The fraction of sp³-hybridized carbons (Fsp3) is 0.615. The summed E-state index contributed by atoms with van der Waals surface area (Å²) in [4.78, 5) is 8.74. The van der Waals surface area contributed by atoms with Gasteiger partial charge >= 0.3 is 0 Å². The molecule has 18 heavy (non-hydrogen) atoms. The van der Waals surface area contributed by atoms with Gasteiger partial charge in [0.1, 0.15) is 5.82 Å². The normalized spacial score (nSPS) is 24.8. The van der Waals surface area contributed by atoms with Crippen molar-refractivity contribution in [2.75, 3.05) is 19.6 Å². The van der Waals surface area contributed by atoms with Gasteiger partial charge in [0, 0.05) is 25.8 Å². The lowest BCUT2D eigenvalue weighted by Crippen LogP contribution is -2.40. The molecule has 0 aromatic rings. The van der Waals surface area contributed by atoms with Crippen LogP contribution in [-0.2, 0) is 0 Å². The molecule has 1 fully saturated rings. The van der Waals surface area contributed by atoms with Crippen molar-refractivity contribution >= 4 is 40.5 Å². The van der Waals surface area contributed by atoms with Crippen LogP contribution >= 0.6 is 24.4 Å². The number of likely N-dealkylation sites (tertiary alicyclic amines) is 1. The number of rotatable bonds is 3. The molecule has 0 saturated carbocycles.